The molecule has 2 aromatic rings. The van der Waals surface area contributed by atoms with Crippen molar-refractivity contribution in [2.75, 3.05) is 7.05 Å². The zero-order valence-electron chi connectivity index (χ0n) is 11.0. The number of hydrogen-bond acceptors (Lipinski definition) is 1. The van der Waals surface area contributed by atoms with Crippen LogP contribution in [0.5, 0.6) is 0 Å². The van der Waals surface area contributed by atoms with Crippen LogP contribution in [-0.2, 0) is 0 Å². The van der Waals surface area contributed by atoms with Crippen LogP contribution in [0.3, 0.4) is 0 Å². The molecule has 20 heavy (non-hydrogen) atoms. The molecule has 0 saturated carbocycles. The Morgan fingerprint density at radius 3 is 2.45 bits per heavy atom. The van der Waals surface area contributed by atoms with Crippen LogP contribution >= 0.6 is 27.5 Å². The SMILES string of the molecule is CNC(c1cc(F)c(F)cc1Cl)c1cccc(Br)c1C. The number of halogens is 4. The summed E-state index contributed by atoms with van der Waals surface area (Å²) in [7, 11) is 1.75. The molecule has 0 aliphatic heterocycles. The van der Waals surface area contributed by atoms with E-state index in [0.717, 1.165) is 27.7 Å². The van der Waals surface area contributed by atoms with E-state index in [-0.39, 0.29) is 11.1 Å². The smallest absolute Gasteiger partial charge is 0.160 e. The third-order valence-corrected chi connectivity index (χ3v) is 4.45. The first-order valence-corrected chi connectivity index (χ1v) is 7.19. The highest BCUT2D eigenvalue weighted by Gasteiger charge is 2.20. The van der Waals surface area contributed by atoms with E-state index in [2.05, 4.69) is 21.2 Å². The number of benzene rings is 2. The zero-order chi connectivity index (χ0) is 14.9. The van der Waals surface area contributed by atoms with E-state index >= 15 is 0 Å². The van der Waals surface area contributed by atoms with Crippen molar-refractivity contribution < 1.29 is 8.78 Å². The lowest BCUT2D eigenvalue weighted by atomic mass is 9.95. The number of rotatable bonds is 3. The minimum atomic E-state index is -0.945. The molecule has 0 heterocycles. The van der Waals surface area contributed by atoms with Crippen molar-refractivity contribution in [3.63, 3.8) is 0 Å². The van der Waals surface area contributed by atoms with E-state index in [0.29, 0.717) is 5.56 Å². The summed E-state index contributed by atoms with van der Waals surface area (Å²) in [4.78, 5) is 0. The fraction of sp³-hybridized carbons (Fsp3) is 0.200. The van der Waals surface area contributed by atoms with Gasteiger partial charge in [0.25, 0.3) is 0 Å². The van der Waals surface area contributed by atoms with Crippen molar-refractivity contribution in [2.45, 2.75) is 13.0 Å². The van der Waals surface area contributed by atoms with Crippen LogP contribution in [0.4, 0.5) is 8.78 Å². The van der Waals surface area contributed by atoms with E-state index in [1.165, 1.54) is 0 Å². The lowest BCUT2D eigenvalue weighted by Gasteiger charge is -2.21. The molecule has 0 aliphatic carbocycles. The van der Waals surface area contributed by atoms with E-state index in [4.69, 9.17) is 11.6 Å². The highest BCUT2D eigenvalue weighted by atomic mass is 79.9. The predicted octanol–water partition coefficient (Wildman–Crippen LogP) is 5.00. The standard InChI is InChI=1S/C15H13BrClF2N/c1-8-9(4-3-5-11(8)16)15(20-2)10-6-13(18)14(19)7-12(10)17/h3-7,15,20H,1-2H3. The summed E-state index contributed by atoms with van der Waals surface area (Å²) in [6.07, 6.45) is 0. The van der Waals surface area contributed by atoms with Gasteiger partial charge in [-0.1, -0.05) is 39.7 Å². The van der Waals surface area contributed by atoms with Crippen molar-refractivity contribution in [3.05, 3.63) is 68.2 Å². The molecule has 1 atom stereocenters. The van der Waals surface area contributed by atoms with Gasteiger partial charge in [-0.05, 0) is 48.9 Å². The van der Waals surface area contributed by atoms with E-state index in [9.17, 15) is 8.78 Å². The Balaban J connectivity index is 2.58. The van der Waals surface area contributed by atoms with Gasteiger partial charge in [-0.3, -0.25) is 0 Å². The van der Waals surface area contributed by atoms with Crippen molar-refractivity contribution in [1.82, 2.24) is 5.32 Å². The molecule has 1 unspecified atom stereocenters. The van der Waals surface area contributed by atoms with E-state index < -0.39 is 11.6 Å². The predicted molar refractivity (Wildman–Crippen MR) is 81.1 cm³/mol. The topological polar surface area (TPSA) is 12.0 Å². The quantitative estimate of drug-likeness (QED) is 0.760. The maximum absolute atomic E-state index is 13.5. The lowest BCUT2D eigenvalue weighted by molar-refractivity contribution is 0.505. The Labute approximate surface area is 130 Å². The molecule has 106 valence electrons. The molecule has 0 amide bonds. The van der Waals surface area contributed by atoms with E-state index in [1.54, 1.807) is 7.05 Å². The highest BCUT2D eigenvalue weighted by molar-refractivity contribution is 9.10. The van der Waals surface area contributed by atoms with Gasteiger partial charge < -0.3 is 5.32 Å². The molecule has 0 fully saturated rings. The lowest BCUT2D eigenvalue weighted by Crippen LogP contribution is -2.19. The first-order chi connectivity index (χ1) is 9.45. The normalized spacial score (nSPS) is 12.5. The Bertz CT molecular complexity index is 646. The van der Waals surface area contributed by atoms with Crippen molar-refractivity contribution in [3.8, 4) is 0 Å². The maximum atomic E-state index is 13.5. The van der Waals surface area contributed by atoms with Crippen molar-refractivity contribution in [1.29, 1.82) is 0 Å². The molecule has 0 aromatic heterocycles. The largest absolute Gasteiger partial charge is 0.309 e. The summed E-state index contributed by atoms with van der Waals surface area (Å²) in [5, 5.41) is 3.29. The van der Waals surface area contributed by atoms with Gasteiger partial charge in [-0.2, -0.15) is 0 Å². The Morgan fingerprint density at radius 2 is 1.80 bits per heavy atom. The molecule has 5 heteroatoms. The second-order valence-corrected chi connectivity index (χ2v) is 5.73. The second-order valence-electron chi connectivity index (χ2n) is 4.46. The minimum absolute atomic E-state index is 0.197. The van der Waals surface area contributed by atoms with Gasteiger partial charge in [0.2, 0.25) is 0 Å². The van der Waals surface area contributed by atoms with Gasteiger partial charge in [0.05, 0.1) is 6.04 Å². The number of nitrogens with one attached hydrogen (secondary N) is 1. The van der Waals surface area contributed by atoms with Gasteiger partial charge in [-0.25, -0.2) is 8.78 Å². The van der Waals surface area contributed by atoms with E-state index in [1.807, 2.05) is 25.1 Å². The minimum Gasteiger partial charge on any atom is -0.309 e. The zero-order valence-corrected chi connectivity index (χ0v) is 13.3. The monoisotopic (exact) mass is 359 g/mol. The van der Waals surface area contributed by atoms with Gasteiger partial charge in [0.15, 0.2) is 11.6 Å². The third-order valence-electron chi connectivity index (χ3n) is 3.26. The average molecular weight is 361 g/mol. The summed E-state index contributed by atoms with van der Waals surface area (Å²) >= 11 is 9.52. The van der Waals surface area contributed by atoms with Crippen LogP contribution in [-0.4, -0.2) is 7.05 Å². The first-order valence-electron chi connectivity index (χ1n) is 6.02. The molecule has 0 spiro atoms. The number of hydrogen-bond donors (Lipinski definition) is 1. The molecule has 0 radical (unpaired) electrons. The van der Waals surface area contributed by atoms with Gasteiger partial charge in [0, 0.05) is 9.50 Å². The summed E-state index contributed by atoms with van der Waals surface area (Å²) in [5.41, 5.74) is 2.48. The highest BCUT2D eigenvalue weighted by Crippen LogP contribution is 2.33. The van der Waals surface area contributed by atoms with Crippen LogP contribution < -0.4 is 5.32 Å². The molecule has 0 bridgehead atoms. The van der Waals surface area contributed by atoms with Crippen LogP contribution in [0.15, 0.2) is 34.8 Å². The van der Waals surface area contributed by atoms with Gasteiger partial charge >= 0.3 is 0 Å². The fourth-order valence-electron chi connectivity index (χ4n) is 2.17. The second kappa shape index (κ2) is 6.20. The molecule has 0 aliphatic rings. The summed E-state index contributed by atoms with van der Waals surface area (Å²) in [6.45, 7) is 1.96. The van der Waals surface area contributed by atoms with Crippen LogP contribution in [0.2, 0.25) is 5.02 Å². The molecular formula is C15H13BrClF2N. The summed E-state index contributed by atoms with van der Waals surface area (Å²) < 4.78 is 27.6. The molecule has 0 saturated heterocycles. The average Bonchev–Trinajstić information content (AvgIpc) is 2.41. The third kappa shape index (κ3) is 2.87. The Hall–Kier alpha value is -0.970. The molecule has 1 N–H and O–H groups in total. The molecule has 1 nitrogen and oxygen atoms in total. The first kappa shape index (κ1) is 15.4. The van der Waals surface area contributed by atoms with Crippen molar-refractivity contribution in [2.24, 2.45) is 0 Å². The summed E-state index contributed by atoms with van der Waals surface area (Å²) in [6, 6.07) is 7.58. The maximum Gasteiger partial charge on any atom is 0.160 e. The molecule has 2 aromatic carbocycles. The van der Waals surface area contributed by atoms with Gasteiger partial charge in [-0.15, -0.1) is 0 Å². The van der Waals surface area contributed by atoms with Crippen LogP contribution in [0.1, 0.15) is 22.7 Å². The molecule has 2 rings (SSSR count). The van der Waals surface area contributed by atoms with Crippen LogP contribution in [0, 0.1) is 18.6 Å². The van der Waals surface area contributed by atoms with Crippen molar-refractivity contribution >= 4 is 27.5 Å². The Morgan fingerprint density at radius 1 is 1.15 bits per heavy atom. The molecular weight excluding hydrogens is 348 g/mol. The Kier molecular flexibility index (Phi) is 4.78. The summed E-state index contributed by atoms with van der Waals surface area (Å²) in [5.74, 6) is -1.85. The van der Waals surface area contributed by atoms with Gasteiger partial charge in [0.1, 0.15) is 0 Å². The fourth-order valence-corrected chi connectivity index (χ4v) is 2.82. The van der Waals surface area contributed by atoms with Crippen LogP contribution in [0.25, 0.3) is 0 Å².